The van der Waals surface area contributed by atoms with Crippen molar-refractivity contribution in [2.45, 2.75) is 23.7 Å². The van der Waals surface area contributed by atoms with Crippen LogP contribution < -0.4 is 0 Å². The monoisotopic (exact) mass is 395 g/mol. The maximum absolute atomic E-state index is 12.5. The number of nitrogens with zero attached hydrogens (tertiary/aromatic N) is 1. The topological polar surface area (TPSA) is 20.3 Å². The van der Waals surface area contributed by atoms with Crippen molar-refractivity contribution in [3.05, 3.63) is 42.5 Å². The molecule has 26 heavy (non-hydrogen) atoms. The lowest BCUT2D eigenvalue weighted by Crippen LogP contribution is -2.41. The summed E-state index contributed by atoms with van der Waals surface area (Å²) >= 11 is 0.991. The predicted octanol–water partition coefficient (Wildman–Crippen LogP) is 5.28. The van der Waals surface area contributed by atoms with Crippen molar-refractivity contribution >= 4 is 28.4 Å². The summed E-state index contributed by atoms with van der Waals surface area (Å²) < 4.78 is 74.5. The van der Waals surface area contributed by atoms with Crippen molar-refractivity contribution in [3.8, 4) is 0 Å². The number of hydrogen-bond acceptors (Lipinski definition) is 2. The lowest BCUT2D eigenvalue weighted by Gasteiger charge is -2.24. The van der Waals surface area contributed by atoms with E-state index >= 15 is 0 Å². The molecule has 0 radical (unpaired) electrons. The van der Waals surface area contributed by atoms with Gasteiger partial charge in [-0.3, -0.25) is 4.79 Å². The lowest BCUT2D eigenvalue weighted by atomic mass is 10.1. The summed E-state index contributed by atoms with van der Waals surface area (Å²) in [4.78, 5) is 12.9. The third-order valence-corrected chi connectivity index (χ3v) is 4.45. The summed E-state index contributed by atoms with van der Waals surface area (Å²) in [7, 11) is 0. The van der Waals surface area contributed by atoms with Crippen LogP contribution in [0.1, 0.15) is 6.42 Å². The number of carbonyl (C=O) groups is 1. The molecule has 0 aromatic heterocycles. The Balaban J connectivity index is 2.02. The highest BCUT2D eigenvalue weighted by molar-refractivity contribution is 8.00. The average molecular weight is 395 g/mol. The van der Waals surface area contributed by atoms with E-state index < -0.39 is 37.8 Å². The van der Waals surface area contributed by atoms with Gasteiger partial charge in [0.15, 0.2) is 0 Å². The molecule has 0 aliphatic carbocycles. The summed E-state index contributed by atoms with van der Waals surface area (Å²) in [5, 5.41) is 1.86. The summed E-state index contributed by atoms with van der Waals surface area (Å²) in [6, 6.07) is 12.7. The van der Waals surface area contributed by atoms with Gasteiger partial charge in [0.25, 0.3) is 0 Å². The van der Waals surface area contributed by atoms with Crippen LogP contribution in [0.2, 0.25) is 0 Å². The Hall–Kier alpha value is -1.90. The number of halogens is 6. The minimum atomic E-state index is -4.76. The van der Waals surface area contributed by atoms with E-state index in [4.69, 9.17) is 0 Å². The van der Waals surface area contributed by atoms with E-state index in [0.717, 1.165) is 22.5 Å². The number of benzene rings is 2. The minimum absolute atomic E-state index is 0.210. The van der Waals surface area contributed by atoms with Crippen LogP contribution in [0.4, 0.5) is 26.3 Å². The van der Waals surface area contributed by atoms with Crippen molar-refractivity contribution in [2.75, 3.05) is 18.8 Å². The molecule has 0 fully saturated rings. The number of fused-ring (bicyclic) bond motifs is 1. The third-order valence-electron chi connectivity index (χ3n) is 3.47. The van der Waals surface area contributed by atoms with Gasteiger partial charge in [-0.2, -0.15) is 26.3 Å². The van der Waals surface area contributed by atoms with Crippen LogP contribution in [0.25, 0.3) is 10.8 Å². The van der Waals surface area contributed by atoms with Crippen molar-refractivity contribution < 1.29 is 31.1 Å². The van der Waals surface area contributed by atoms with Crippen LogP contribution in [0.15, 0.2) is 47.4 Å². The van der Waals surface area contributed by atoms with Gasteiger partial charge in [0.2, 0.25) is 5.91 Å². The van der Waals surface area contributed by atoms with Gasteiger partial charge in [0.05, 0.1) is 12.2 Å². The Bertz CT molecular complexity index is 759. The van der Waals surface area contributed by atoms with Gasteiger partial charge in [-0.15, -0.1) is 11.8 Å². The van der Waals surface area contributed by atoms with Crippen LogP contribution >= 0.6 is 11.8 Å². The van der Waals surface area contributed by atoms with Gasteiger partial charge in [0.1, 0.15) is 6.54 Å². The molecule has 1 amide bonds. The molecule has 0 bridgehead atoms. The predicted molar refractivity (Wildman–Crippen MR) is 88.0 cm³/mol. The highest BCUT2D eigenvalue weighted by Crippen LogP contribution is 2.26. The van der Waals surface area contributed by atoms with E-state index in [1.54, 1.807) is 18.2 Å². The van der Waals surface area contributed by atoms with Gasteiger partial charge < -0.3 is 4.90 Å². The highest BCUT2D eigenvalue weighted by atomic mass is 32.2. The molecule has 0 aliphatic heterocycles. The molecule has 142 valence electrons. The molecule has 0 spiro atoms. The Morgan fingerprint density at radius 3 is 2.19 bits per heavy atom. The molecule has 2 rings (SSSR count). The van der Waals surface area contributed by atoms with Gasteiger partial charge in [-0.1, -0.05) is 30.3 Å². The van der Waals surface area contributed by atoms with E-state index in [-0.39, 0.29) is 10.7 Å². The van der Waals surface area contributed by atoms with Crippen LogP contribution in [-0.4, -0.2) is 42.0 Å². The second-order valence-corrected chi connectivity index (χ2v) is 6.64. The maximum Gasteiger partial charge on any atom is 0.406 e. The minimum Gasteiger partial charge on any atom is -0.333 e. The number of amides is 1. The van der Waals surface area contributed by atoms with Crippen molar-refractivity contribution in [1.29, 1.82) is 0 Å². The first-order valence-electron chi connectivity index (χ1n) is 7.56. The molecule has 2 nitrogen and oxygen atoms in total. The normalized spacial score (nSPS) is 12.4. The van der Waals surface area contributed by atoms with Crippen LogP contribution in [0, 0.1) is 0 Å². The second-order valence-electron chi connectivity index (χ2n) is 5.59. The molecule has 2 aromatic carbocycles. The molecule has 9 heteroatoms. The van der Waals surface area contributed by atoms with Gasteiger partial charge >= 0.3 is 12.4 Å². The first-order valence-corrected chi connectivity index (χ1v) is 8.55. The fourth-order valence-corrected chi connectivity index (χ4v) is 3.11. The molecule has 0 atom stereocenters. The van der Waals surface area contributed by atoms with Crippen molar-refractivity contribution in [1.82, 2.24) is 4.90 Å². The molecule has 0 unspecified atom stereocenters. The van der Waals surface area contributed by atoms with Crippen LogP contribution in [-0.2, 0) is 4.79 Å². The fourth-order valence-electron chi connectivity index (χ4n) is 2.26. The third kappa shape index (κ3) is 6.78. The number of carbonyl (C=O) groups excluding carboxylic acids is 1. The molecular weight excluding hydrogens is 380 g/mol. The lowest BCUT2D eigenvalue weighted by molar-refractivity contribution is -0.169. The van der Waals surface area contributed by atoms with E-state index in [0.29, 0.717) is 4.90 Å². The number of rotatable bonds is 6. The van der Waals surface area contributed by atoms with E-state index in [1.807, 2.05) is 24.3 Å². The Labute approximate surface area is 150 Å². The molecular formula is C17H15F6NOS. The van der Waals surface area contributed by atoms with Gasteiger partial charge in [-0.05, 0) is 22.9 Å². The molecule has 0 saturated carbocycles. The maximum atomic E-state index is 12.5. The largest absolute Gasteiger partial charge is 0.406 e. The Morgan fingerprint density at radius 1 is 0.923 bits per heavy atom. The molecule has 0 heterocycles. The molecule has 0 N–H and O–H groups in total. The van der Waals surface area contributed by atoms with Crippen LogP contribution in [0.3, 0.4) is 0 Å². The zero-order chi connectivity index (χ0) is 19.4. The van der Waals surface area contributed by atoms with E-state index in [2.05, 4.69) is 0 Å². The number of thioether (sulfide) groups is 1. The smallest absolute Gasteiger partial charge is 0.333 e. The van der Waals surface area contributed by atoms with E-state index in [1.165, 1.54) is 0 Å². The quantitative estimate of drug-likeness (QED) is 0.490. The molecule has 0 aliphatic rings. The SMILES string of the molecule is O=C(CSc1ccc2ccccc2c1)N(CCC(F)(F)F)CC(F)(F)F. The van der Waals surface area contributed by atoms with Crippen molar-refractivity contribution in [3.63, 3.8) is 0 Å². The fraction of sp³-hybridized carbons (Fsp3) is 0.353. The first kappa shape index (κ1) is 20.4. The zero-order valence-corrected chi connectivity index (χ0v) is 14.2. The second kappa shape index (κ2) is 8.20. The van der Waals surface area contributed by atoms with Crippen molar-refractivity contribution in [2.24, 2.45) is 0 Å². The van der Waals surface area contributed by atoms with Crippen LogP contribution in [0.5, 0.6) is 0 Å². The van der Waals surface area contributed by atoms with Gasteiger partial charge in [0, 0.05) is 11.4 Å². The number of hydrogen-bond donors (Lipinski definition) is 0. The highest BCUT2D eigenvalue weighted by Gasteiger charge is 2.35. The zero-order valence-electron chi connectivity index (χ0n) is 13.4. The average Bonchev–Trinajstić information content (AvgIpc) is 2.54. The van der Waals surface area contributed by atoms with E-state index in [9.17, 15) is 31.1 Å². The standard InChI is InChI=1S/C17H15F6NOS/c18-16(19,20)7-8-24(11-17(21,22)23)15(25)10-26-14-6-5-12-3-1-2-4-13(12)9-14/h1-6,9H,7-8,10-11H2. The molecule has 0 saturated heterocycles. The first-order chi connectivity index (χ1) is 12.0. The summed E-state index contributed by atoms with van der Waals surface area (Å²) in [6.07, 6.45) is -10.9. The number of alkyl halides is 6. The molecule has 2 aromatic rings. The Kier molecular flexibility index (Phi) is 6.44. The summed E-state index contributed by atoms with van der Waals surface area (Å²) in [5.74, 6) is -1.35. The van der Waals surface area contributed by atoms with Gasteiger partial charge in [-0.25, -0.2) is 0 Å². The summed E-state index contributed by atoms with van der Waals surface area (Å²) in [5.41, 5.74) is 0. The summed E-state index contributed by atoms with van der Waals surface area (Å²) in [6.45, 7) is -2.71. The Morgan fingerprint density at radius 2 is 1.58 bits per heavy atom.